The normalized spacial score (nSPS) is 12.2. The highest BCUT2D eigenvalue weighted by Crippen LogP contribution is 2.23. The van der Waals surface area contributed by atoms with Gasteiger partial charge in [0, 0.05) is 28.7 Å². The summed E-state index contributed by atoms with van der Waals surface area (Å²) in [7, 11) is 0. The molecule has 0 saturated heterocycles. The van der Waals surface area contributed by atoms with Crippen LogP contribution in [0, 0.1) is 5.82 Å². The van der Waals surface area contributed by atoms with E-state index < -0.39 is 5.63 Å². The van der Waals surface area contributed by atoms with Gasteiger partial charge >= 0.3 is 5.63 Å². The Kier molecular flexibility index (Phi) is 4.16. The quantitative estimate of drug-likeness (QED) is 0.442. The van der Waals surface area contributed by atoms with E-state index in [2.05, 4.69) is 10.3 Å². The van der Waals surface area contributed by atoms with E-state index in [1.165, 1.54) is 18.3 Å². The fourth-order valence-corrected chi connectivity index (χ4v) is 3.03. The van der Waals surface area contributed by atoms with Crippen molar-refractivity contribution in [3.63, 3.8) is 0 Å². The minimum Gasteiger partial charge on any atom is -0.422 e. The van der Waals surface area contributed by atoms with Gasteiger partial charge in [0.1, 0.15) is 11.4 Å². The summed E-state index contributed by atoms with van der Waals surface area (Å²) in [5.41, 5.74) is 0.993. The van der Waals surface area contributed by atoms with E-state index >= 15 is 0 Å². The number of hydrogen-bond acceptors (Lipinski definition) is 4. The lowest BCUT2D eigenvalue weighted by atomic mass is 10.1. The van der Waals surface area contributed by atoms with Crippen LogP contribution in [0.1, 0.15) is 28.9 Å². The molecule has 1 amide bonds. The number of carbonyl (C=O) groups excluding carboxylic acids is 1. The highest BCUT2D eigenvalue weighted by Gasteiger charge is 2.14. The molecule has 0 saturated carbocycles. The Hall–Kier alpha value is -3.54. The largest absolute Gasteiger partial charge is 0.422 e. The second kappa shape index (κ2) is 6.64. The van der Waals surface area contributed by atoms with Gasteiger partial charge in [0.05, 0.1) is 11.4 Å². The van der Waals surface area contributed by atoms with Crippen molar-refractivity contribution in [2.75, 3.05) is 0 Å². The predicted molar refractivity (Wildman–Crippen MR) is 100 cm³/mol. The maximum absolute atomic E-state index is 13.0. The molecule has 0 aliphatic heterocycles. The second-order valence-corrected chi connectivity index (χ2v) is 6.27. The van der Waals surface area contributed by atoms with Crippen LogP contribution in [0.2, 0.25) is 0 Å². The first kappa shape index (κ1) is 16.9. The van der Waals surface area contributed by atoms with Crippen LogP contribution in [0.4, 0.5) is 4.39 Å². The first-order valence-corrected chi connectivity index (χ1v) is 8.40. The smallest absolute Gasteiger partial charge is 0.345 e. The molecule has 134 valence electrons. The number of rotatable bonds is 3. The van der Waals surface area contributed by atoms with E-state index in [1.54, 1.807) is 42.6 Å². The van der Waals surface area contributed by atoms with Crippen LogP contribution in [-0.2, 0) is 0 Å². The Morgan fingerprint density at radius 1 is 1.07 bits per heavy atom. The molecule has 0 bridgehead atoms. The minimum absolute atomic E-state index is 0.302. The second-order valence-electron chi connectivity index (χ2n) is 6.27. The maximum atomic E-state index is 13.0. The van der Waals surface area contributed by atoms with Crippen LogP contribution in [0.5, 0.6) is 0 Å². The lowest BCUT2D eigenvalue weighted by molar-refractivity contribution is 0.0940. The third-order valence-electron chi connectivity index (χ3n) is 4.50. The van der Waals surface area contributed by atoms with Crippen molar-refractivity contribution in [1.29, 1.82) is 0 Å². The van der Waals surface area contributed by atoms with Crippen LogP contribution >= 0.6 is 0 Å². The maximum Gasteiger partial charge on any atom is 0.345 e. The lowest BCUT2D eigenvalue weighted by Crippen LogP contribution is -2.26. The van der Waals surface area contributed by atoms with Crippen molar-refractivity contribution in [2.45, 2.75) is 13.0 Å². The average Bonchev–Trinajstić information content (AvgIpc) is 2.68. The fourth-order valence-electron chi connectivity index (χ4n) is 3.03. The zero-order valence-electron chi connectivity index (χ0n) is 14.4. The van der Waals surface area contributed by atoms with E-state index in [9.17, 15) is 14.0 Å². The molecule has 0 fully saturated rings. The van der Waals surface area contributed by atoms with Gasteiger partial charge in [-0.1, -0.05) is 12.1 Å². The molecule has 1 N–H and O–H groups in total. The summed E-state index contributed by atoms with van der Waals surface area (Å²) in [6.45, 7) is 1.81. The molecule has 0 aliphatic carbocycles. The highest BCUT2D eigenvalue weighted by molar-refractivity contribution is 6.06. The molecule has 2 aromatic carbocycles. The first-order valence-electron chi connectivity index (χ1n) is 8.40. The summed E-state index contributed by atoms with van der Waals surface area (Å²) in [4.78, 5) is 28.6. The number of nitrogens with zero attached hydrogens (tertiary/aromatic N) is 1. The lowest BCUT2D eigenvalue weighted by Gasteiger charge is -2.14. The zero-order valence-corrected chi connectivity index (χ0v) is 14.4. The number of benzene rings is 2. The van der Waals surface area contributed by atoms with E-state index in [4.69, 9.17) is 4.42 Å². The predicted octanol–water partition coefficient (Wildman–Crippen LogP) is 3.97. The number of carbonyl (C=O) groups is 1. The van der Waals surface area contributed by atoms with Gasteiger partial charge in [0.15, 0.2) is 0 Å². The monoisotopic (exact) mass is 362 g/mol. The van der Waals surface area contributed by atoms with E-state index in [0.29, 0.717) is 16.5 Å². The molecule has 4 rings (SSSR count). The zero-order chi connectivity index (χ0) is 19.0. The molecule has 6 heteroatoms. The summed E-state index contributed by atoms with van der Waals surface area (Å²) >= 11 is 0. The first-order chi connectivity index (χ1) is 13.0. The fraction of sp³-hybridized carbons (Fsp3) is 0.0952. The number of fused-ring (bicyclic) bond motifs is 3. The van der Waals surface area contributed by atoms with Crippen molar-refractivity contribution < 1.29 is 13.6 Å². The number of nitrogens with one attached hydrogen (secondary N) is 1. The molecule has 0 unspecified atom stereocenters. The number of aromatic nitrogens is 1. The molecule has 27 heavy (non-hydrogen) atoms. The van der Waals surface area contributed by atoms with Gasteiger partial charge in [-0.25, -0.2) is 9.18 Å². The van der Waals surface area contributed by atoms with Gasteiger partial charge < -0.3 is 9.73 Å². The van der Waals surface area contributed by atoms with E-state index in [-0.39, 0.29) is 17.8 Å². The van der Waals surface area contributed by atoms with Gasteiger partial charge in [-0.3, -0.25) is 9.78 Å². The van der Waals surface area contributed by atoms with E-state index in [1.807, 2.05) is 6.92 Å². The van der Waals surface area contributed by atoms with Crippen molar-refractivity contribution in [3.8, 4) is 0 Å². The van der Waals surface area contributed by atoms with E-state index in [0.717, 1.165) is 16.3 Å². The van der Waals surface area contributed by atoms with Crippen LogP contribution in [-0.4, -0.2) is 10.9 Å². The highest BCUT2D eigenvalue weighted by atomic mass is 19.1. The van der Waals surface area contributed by atoms with Gasteiger partial charge in [0.2, 0.25) is 0 Å². The van der Waals surface area contributed by atoms with Gasteiger partial charge in [-0.2, -0.15) is 0 Å². The Morgan fingerprint density at radius 3 is 2.63 bits per heavy atom. The summed E-state index contributed by atoms with van der Waals surface area (Å²) in [5.74, 6) is -0.643. The summed E-state index contributed by atoms with van der Waals surface area (Å²) in [6, 6.07) is 12.4. The third-order valence-corrected chi connectivity index (χ3v) is 4.50. The molecular weight excluding hydrogens is 347 g/mol. The Balaban J connectivity index is 1.67. The molecule has 2 aromatic heterocycles. The van der Waals surface area contributed by atoms with Gasteiger partial charge in [-0.05, 0) is 48.9 Å². The van der Waals surface area contributed by atoms with Crippen LogP contribution in [0.3, 0.4) is 0 Å². The molecule has 0 spiro atoms. The molecule has 5 nitrogen and oxygen atoms in total. The van der Waals surface area contributed by atoms with Crippen molar-refractivity contribution >= 4 is 27.6 Å². The Bertz CT molecular complexity index is 1220. The summed E-state index contributed by atoms with van der Waals surface area (Å²) in [5, 5.41) is 4.71. The number of halogens is 1. The van der Waals surface area contributed by atoms with Crippen LogP contribution in [0.25, 0.3) is 21.7 Å². The van der Waals surface area contributed by atoms with Crippen molar-refractivity contribution in [1.82, 2.24) is 10.3 Å². The topological polar surface area (TPSA) is 72.2 Å². The molecule has 0 radical (unpaired) electrons. The molecular formula is C21H15FN2O3. The van der Waals surface area contributed by atoms with Crippen molar-refractivity contribution in [3.05, 3.63) is 88.3 Å². The molecule has 1 atom stereocenters. The summed E-state index contributed by atoms with van der Waals surface area (Å²) < 4.78 is 18.4. The number of amides is 1. The molecule has 2 heterocycles. The van der Waals surface area contributed by atoms with Gasteiger partial charge in [-0.15, -0.1) is 0 Å². The standard InChI is InChI=1S/C21H15FN2O3/c1-12(13-2-5-15(22)6-3-13)24-20(25)14-4-7-17-16-8-9-23-11-18(16)21(26)27-19(17)10-14/h2-12H,1H3,(H,24,25)/t12-/m1/s1. The summed E-state index contributed by atoms with van der Waals surface area (Å²) in [6.07, 6.45) is 3.07. The Labute approximate surface area is 153 Å². The van der Waals surface area contributed by atoms with Crippen LogP contribution < -0.4 is 10.9 Å². The average molecular weight is 362 g/mol. The molecule has 4 aromatic rings. The number of hydrogen-bond donors (Lipinski definition) is 1. The minimum atomic E-state index is -0.497. The number of pyridine rings is 1. The molecule has 0 aliphatic rings. The SMILES string of the molecule is C[C@@H](NC(=O)c1ccc2c(c1)oc(=O)c1cnccc12)c1ccc(F)cc1. The van der Waals surface area contributed by atoms with Crippen LogP contribution in [0.15, 0.2) is 70.1 Å². The third kappa shape index (κ3) is 3.17. The van der Waals surface area contributed by atoms with Crippen molar-refractivity contribution in [2.24, 2.45) is 0 Å². The van der Waals surface area contributed by atoms with Gasteiger partial charge in [0.25, 0.3) is 5.91 Å². The Morgan fingerprint density at radius 2 is 1.85 bits per heavy atom.